The normalized spacial score (nSPS) is 20.9. The van der Waals surface area contributed by atoms with Crippen LogP contribution in [-0.4, -0.2) is 18.1 Å². The molecule has 0 saturated carbocycles. The molecule has 1 aliphatic heterocycles. The Bertz CT molecular complexity index is 354. The largest absolute Gasteiger partial charge is 0.397 e. The van der Waals surface area contributed by atoms with Crippen molar-refractivity contribution >= 4 is 27.4 Å². The molecule has 0 spiro atoms. The van der Waals surface area contributed by atoms with Crippen LogP contribution in [0.3, 0.4) is 0 Å². The first kappa shape index (κ1) is 10.7. The van der Waals surface area contributed by atoms with E-state index in [0.29, 0.717) is 5.69 Å². The van der Waals surface area contributed by atoms with Crippen LogP contribution in [0.25, 0.3) is 0 Å². The summed E-state index contributed by atoms with van der Waals surface area (Å²) in [5, 5.41) is 0. The molecule has 1 saturated heterocycles. The molecule has 1 aromatic rings. The molecule has 3 nitrogen and oxygen atoms in total. The van der Waals surface area contributed by atoms with E-state index in [1.54, 1.807) is 6.20 Å². The van der Waals surface area contributed by atoms with Gasteiger partial charge >= 0.3 is 0 Å². The van der Waals surface area contributed by atoms with Crippen LogP contribution in [0.1, 0.15) is 19.8 Å². The second kappa shape index (κ2) is 4.39. The first-order chi connectivity index (χ1) is 7.20. The van der Waals surface area contributed by atoms with Gasteiger partial charge in [0.05, 0.1) is 16.4 Å². The van der Waals surface area contributed by atoms with Gasteiger partial charge in [-0.25, -0.2) is 4.98 Å². The molecule has 0 aliphatic carbocycles. The van der Waals surface area contributed by atoms with E-state index in [1.807, 2.05) is 6.07 Å². The minimum Gasteiger partial charge on any atom is -0.397 e. The maximum atomic E-state index is 5.67. The summed E-state index contributed by atoms with van der Waals surface area (Å²) in [4.78, 5) is 6.71. The van der Waals surface area contributed by atoms with Crippen LogP contribution in [-0.2, 0) is 0 Å². The minimum absolute atomic E-state index is 0.705. The number of hydrogen-bond donors (Lipinski definition) is 1. The Morgan fingerprint density at radius 1 is 1.67 bits per heavy atom. The van der Waals surface area contributed by atoms with Crippen molar-refractivity contribution in [3.8, 4) is 0 Å². The van der Waals surface area contributed by atoms with Crippen LogP contribution < -0.4 is 10.6 Å². The summed E-state index contributed by atoms with van der Waals surface area (Å²) < 4.78 is 0.999. The second-order valence-electron chi connectivity index (χ2n) is 4.08. The SMILES string of the molecule is CCC1CCN(c2ncc(N)cc2Br)C1. The molecule has 2 heterocycles. The fourth-order valence-electron chi connectivity index (χ4n) is 2.04. The van der Waals surface area contributed by atoms with Crippen LogP contribution in [0.5, 0.6) is 0 Å². The van der Waals surface area contributed by atoms with E-state index in [2.05, 4.69) is 32.7 Å². The maximum Gasteiger partial charge on any atom is 0.143 e. The Balaban J connectivity index is 2.17. The smallest absolute Gasteiger partial charge is 0.143 e. The number of halogens is 1. The standard InChI is InChI=1S/C11H16BrN3/c1-2-8-3-4-15(7-8)11-10(12)5-9(13)6-14-11/h5-6,8H,2-4,7,13H2,1H3. The number of nitrogens with two attached hydrogens (primary N) is 1. The third-order valence-electron chi connectivity index (χ3n) is 3.01. The molecule has 1 atom stereocenters. The van der Waals surface area contributed by atoms with E-state index >= 15 is 0 Å². The molecule has 0 radical (unpaired) electrons. The lowest BCUT2D eigenvalue weighted by Crippen LogP contribution is -2.21. The molecule has 1 aromatic heterocycles. The van der Waals surface area contributed by atoms with Crippen molar-refractivity contribution in [3.63, 3.8) is 0 Å². The summed E-state index contributed by atoms with van der Waals surface area (Å²) in [5.74, 6) is 1.84. The Morgan fingerprint density at radius 3 is 3.07 bits per heavy atom. The molecule has 1 aliphatic rings. The van der Waals surface area contributed by atoms with Gasteiger partial charge in [-0.2, -0.15) is 0 Å². The van der Waals surface area contributed by atoms with Crippen LogP contribution in [0.2, 0.25) is 0 Å². The van der Waals surface area contributed by atoms with Gasteiger partial charge in [0.25, 0.3) is 0 Å². The molecule has 4 heteroatoms. The number of pyridine rings is 1. The fourth-order valence-corrected chi connectivity index (χ4v) is 2.65. The molecule has 2 N–H and O–H groups in total. The molecule has 0 bridgehead atoms. The molecule has 1 unspecified atom stereocenters. The summed E-state index contributed by atoms with van der Waals surface area (Å²) in [6, 6.07) is 1.92. The summed E-state index contributed by atoms with van der Waals surface area (Å²) >= 11 is 3.51. The monoisotopic (exact) mass is 269 g/mol. The first-order valence-electron chi connectivity index (χ1n) is 5.36. The van der Waals surface area contributed by atoms with Gasteiger partial charge in [-0.3, -0.25) is 0 Å². The lowest BCUT2D eigenvalue weighted by atomic mass is 10.1. The van der Waals surface area contributed by atoms with Crippen molar-refractivity contribution in [2.45, 2.75) is 19.8 Å². The van der Waals surface area contributed by atoms with Crippen LogP contribution in [0.15, 0.2) is 16.7 Å². The predicted octanol–water partition coefficient (Wildman–Crippen LogP) is 2.66. The topological polar surface area (TPSA) is 42.2 Å². The summed E-state index contributed by atoms with van der Waals surface area (Å²) in [7, 11) is 0. The van der Waals surface area contributed by atoms with Crippen molar-refractivity contribution in [2.24, 2.45) is 5.92 Å². The number of nitrogen functional groups attached to an aromatic ring is 1. The highest BCUT2D eigenvalue weighted by Crippen LogP contribution is 2.30. The molecule has 0 aromatic carbocycles. The van der Waals surface area contributed by atoms with E-state index in [9.17, 15) is 0 Å². The third-order valence-corrected chi connectivity index (χ3v) is 3.59. The molecule has 82 valence electrons. The average Bonchev–Trinajstić information content (AvgIpc) is 2.66. The number of aromatic nitrogens is 1. The van der Waals surface area contributed by atoms with Gasteiger partial charge < -0.3 is 10.6 Å². The van der Waals surface area contributed by atoms with Crippen molar-refractivity contribution in [3.05, 3.63) is 16.7 Å². The number of nitrogens with zero attached hydrogens (tertiary/aromatic N) is 2. The zero-order valence-electron chi connectivity index (χ0n) is 8.91. The van der Waals surface area contributed by atoms with Gasteiger partial charge in [-0.15, -0.1) is 0 Å². The first-order valence-corrected chi connectivity index (χ1v) is 6.16. The van der Waals surface area contributed by atoms with Gasteiger partial charge in [-0.05, 0) is 34.3 Å². The second-order valence-corrected chi connectivity index (χ2v) is 4.94. The van der Waals surface area contributed by atoms with E-state index in [4.69, 9.17) is 5.73 Å². The van der Waals surface area contributed by atoms with E-state index in [1.165, 1.54) is 12.8 Å². The highest BCUT2D eigenvalue weighted by atomic mass is 79.9. The molecule has 15 heavy (non-hydrogen) atoms. The predicted molar refractivity (Wildman–Crippen MR) is 67.0 cm³/mol. The van der Waals surface area contributed by atoms with E-state index in [0.717, 1.165) is 29.3 Å². The number of hydrogen-bond acceptors (Lipinski definition) is 3. The molecule has 2 rings (SSSR count). The maximum absolute atomic E-state index is 5.67. The van der Waals surface area contributed by atoms with Crippen LogP contribution in [0, 0.1) is 5.92 Å². The van der Waals surface area contributed by atoms with Crippen LogP contribution in [0.4, 0.5) is 11.5 Å². The van der Waals surface area contributed by atoms with Crippen molar-refractivity contribution in [2.75, 3.05) is 23.7 Å². The summed E-state index contributed by atoms with van der Waals surface area (Å²) in [6.45, 7) is 4.47. The minimum atomic E-state index is 0.705. The van der Waals surface area contributed by atoms with Gasteiger partial charge in [0.2, 0.25) is 0 Å². The summed E-state index contributed by atoms with van der Waals surface area (Å²) in [6.07, 6.45) is 4.25. The van der Waals surface area contributed by atoms with Crippen LogP contribution >= 0.6 is 15.9 Å². The van der Waals surface area contributed by atoms with E-state index in [-0.39, 0.29) is 0 Å². The zero-order chi connectivity index (χ0) is 10.8. The average molecular weight is 270 g/mol. The lowest BCUT2D eigenvalue weighted by Gasteiger charge is -2.18. The Hall–Kier alpha value is -0.770. The number of anilines is 2. The zero-order valence-corrected chi connectivity index (χ0v) is 10.5. The molecular weight excluding hydrogens is 254 g/mol. The van der Waals surface area contributed by atoms with Gasteiger partial charge in [0.15, 0.2) is 0 Å². The molecule has 0 amide bonds. The summed E-state index contributed by atoms with van der Waals surface area (Å²) in [5.41, 5.74) is 6.37. The lowest BCUT2D eigenvalue weighted by molar-refractivity contribution is 0.568. The number of rotatable bonds is 2. The fraction of sp³-hybridized carbons (Fsp3) is 0.545. The third kappa shape index (κ3) is 2.25. The van der Waals surface area contributed by atoms with Crippen molar-refractivity contribution in [1.29, 1.82) is 0 Å². The van der Waals surface area contributed by atoms with Crippen molar-refractivity contribution in [1.82, 2.24) is 4.98 Å². The Labute approximate surface area is 98.8 Å². The van der Waals surface area contributed by atoms with Gasteiger partial charge in [0, 0.05) is 13.1 Å². The van der Waals surface area contributed by atoms with Crippen molar-refractivity contribution < 1.29 is 0 Å². The van der Waals surface area contributed by atoms with Gasteiger partial charge in [-0.1, -0.05) is 13.3 Å². The Kier molecular flexibility index (Phi) is 3.14. The van der Waals surface area contributed by atoms with E-state index < -0.39 is 0 Å². The quantitative estimate of drug-likeness (QED) is 0.898. The molecule has 1 fully saturated rings. The Morgan fingerprint density at radius 2 is 2.47 bits per heavy atom. The molecular formula is C11H16BrN3. The highest BCUT2D eigenvalue weighted by molar-refractivity contribution is 9.10. The van der Waals surface area contributed by atoms with Gasteiger partial charge in [0.1, 0.15) is 5.82 Å². The highest BCUT2D eigenvalue weighted by Gasteiger charge is 2.23.